The zero-order chi connectivity index (χ0) is 23.9. The van der Waals surface area contributed by atoms with Gasteiger partial charge in [0.25, 0.3) is 0 Å². The van der Waals surface area contributed by atoms with Gasteiger partial charge >= 0.3 is 200 Å². The van der Waals surface area contributed by atoms with Gasteiger partial charge in [0.1, 0.15) is 0 Å². The fourth-order valence-electron chi connectivity index (χ4n) is 6.49. The molecule has 0 atom stereocenters. The molecule has 0 heterocycles. The van der Waals surface area contributed by atoms with E-state index in [-0.39, 0.29) is 35.6 Å². The maximum absolute atomic E-state index is 3.34. The molecule has 0 fully saturated rings. The number of hydrogen-bond acceptors (Lipinski definition) is 0. The minimum absolute atomic E-state index is 0. The molecule has 0 spiro atoms. The standard InChI is InChI=1S/C23H29.C5H5.2CH3.2ClH.H2Si.Zr/c1-14-9-16-11-17-10-15(2)21(23(6,7)8)13-19(17)18(16)12-20(14)22(3,4)5;1-2-4-5-3-1;;;;;;/h9,12-13H,11H2,1-8H3;1-3H,4H2;2*1H3;2*1H;1H2;. The number of allylic oxidation sites excluding steroid dienone is 4. The number of aryl methyl sites for hydroxylation is 1. The van der Waals surface area contributed by atoms with Crippen molar-refractivity contribution in [1.29, 1.82) is 0 Å². The maximum atomic E-state index is 2.68. The second-order valence-electron chi connectivity index (χ2n) is 13.5. The van der Waals surface area contributed by atoms with Crippen LogP contribution in [-0.2, 0) is 34.6 Å². The van der Waals surface area contributed by atoms with Crippen LogP contribution in [0, 0.1) is 13.8 Å². The van der Waals surface area contributed by atoms with Crippen molar-refractivity contribution in [1.82, 2.24) is 0 Å². The maximum Gasteiger partial charge on any atom is -0.147 e. The SMILES string of the molecule is Cc1cc2c(cc1C(C)(C)C)-c1cc(C(C)(C)C)c(C)[c]([Zr]([CH3])([CH3])(=[SiH2])[C]3=CC=CC3)c1C2.Cl.Cl. The molecule has 0 aliphatic heterocycles. The molecule has 2 aliphatic carbocycles. The van der Waals surface area contributed by atoms with Gasteiger partial charge in [-0.3, -0.25) is 0 Å². The Morgan fingerprint density at radius 1 is 0.824 bits per heavy atom. The molecule has 0 bridgehead atoms. The zero-order valence-corrected chi connectivity index (χ0v) is 28.4. The van der Waals surface area contributed by atoms with Crippen LogP contribution in [0.15, 0.2) is 39.7 Å². The Morgan fingerprint density at radius 2 is 1.38 bits per heavy atom. The Morgan fingerprint density at radius 3 is 1.88 bits per heavy atom. The first-order valence-corrected chi connectivity index (χ1v) is 25.6. The summed E-state index contributed by atoms with van der Waals surface area (Å²) in [5, 5.41) is 0. The van der Waals surface area contributed by atoms with Crippen molar-refractivity contribution in [2.45, 2.75) is 88.3 Å². The van der Waals surface area contributed by atoms with E-state index in [1.807, 2.05) is 0 Å². The van der Waals surface area contributed by atoms with Crippen LogP contribution in [0.25, 0.3) is 11.1 Å². The number of hydrogen-bond donors (Lipinski definition) is 0. The Bertz CT molecular complexity index is 1270. The smallest absolute Gasteiger partial charge is 0.147 e. The predicted octanol–water partition coefficient (Wildman–Crippen LogP) is 8.12. The van der Waals surface area contributed by atoms with E-state index in [1.54, 1.807) is 23.2 Å². The minimum atomic E-state index is -3.34. The molecule has 0 amide bonds. The number of benzene rings is 2. The van der Waals surface area contributed by atoms with E-state index in [0.29, 0.717) is 0 Å². The average Bonchev–Trinajstić information content (AvgIpc) is 3.25. The van der Waals surface area contributed by atoms with E-state index >= 15 is 0 Å². The normalized spacial score (nSPS) is 15.3. The Hall–Kier alpha value is -0.400. The van der Waals surface area contributed by atoms with Gasteiger partial charge in [0.15, 0.2) is 0 Å². The molecular weight excluding hydrogens is 551 g/mol. The summed E-state index contributed by atoms with van der Waals surface area (Å²) >= 11 is -3.34. The molecule has 4 heteroatoms. The van der Waals surface area contributed by atoms with E-state index < -0.39 is 17.4 Å². The monoisotopic (exact) mass is 592 g/mol. The van der Waals surface area contributed by atoms with Gasteiger partial charge in [-0.15, -0.1) is 24.8 Å². The molecule has 186 valence electrons. The summed E-state index contributed by atoms with van der Waals surface area (Å²) in [6, 6.07) is 7.60. The number of halogens is 2. The summed E-state index contributed by atoms with van der Waals surface area (Å²) < 4.78 is 8.88. The first kappa shape index (κ1) is 29.8. The van der Waals surface area contributed by atoms with Gasteiger partial charge in [-0.1, -0.05) is 0 Å². The number of fused-ring (bicyclic) bond motifs is 3. The van der Waals surface area contributed by atoms with Crippen molar-refractivity contribution < 1.29 is 17.4 Å². The minimum Gasteiger partial charge on any atom is -0.147 e. The Balaban J connectivity index is 0.00000204. The van der Waals surface area contributed by atoms with Gasteiger partial charge in [-0.25, -0.2) is 0 Å². The van der Waals surface area contributed by atoms with Gasteiger partial charge in [-0.2, -0.15) is 0 Å². The Kier molecular flexibility index (Phi) is 8.04. The summed E-state index contributed by atoms with van der Waals surface area (Å²) in [5.41, 5.74) is 12.5. The van der Waals surface area contributed by atoms with Crippen LogP contribution >= 0.6 is 24.8 Å². The van der Waals surface area contributed by atoms with Crippen molar-refractivity contribution in [3.8, 4) is 11.1 Å². The first-order valence-electron chi connectivity index (χ1n) is 12.3. The molecule has 2 aromatic rings. The van der Waals surface area contributed by atoms with Crippen LogP contribution in [0.4, 0.5) is 0 Å². The molecule has 0 saturated heterocycles. The van der Waals surface area contributed by atoms with E-state index in [9.17, 15) is 0 Å². The van der Waals surface area contributed by atoms with Gasteiger partial charge in [0.05, 0.1) is 0 Å². The molecule has 0 unspecified atom stereocenters. The van der Waals surface area contributed by atoms with E-state index in [1.165, 1.54) is 27.8 Å². The van der Waals surface area contributed by atoms with Gasteiger partial charge < -0.3 is 0 Å². The van der Waals surface area contributed by atoms with Crippen LogP contribution < -0.4 is 3.27 Å². The van der Waals surface area contributed by atoms with E-state index in [2.05, 4.69) is 108 Å². The molecule has 0 aromatic heterocycles. The van der Waals surface area contributed by atoms with Crippen LogP contribution in [0.3, 0.4) is 0 Å². The fraction of sp³-hybridized carbons (Fsp3) is 0.467. The molecule has 34 heavy (non-hydrogen) atoms. The molecule has 0 saturated carbocycles. The molecule has 0 nitrogen and oxygen atoms in total. The third kappa shape index (κ3) is 4.79. The molecule has 4 rings (SSSR count). The topological polar surface area (TPSA) is 0 Å². The summed E-state index contributed by atoms with van der Waals surface area (Å²) in [7, 11) is 0. The molecule has 0 radical (unpaired) electrons. The second-order valence-corrected chi connectivity index (χ2v) is 42.0. The van der Waals surface area contributed by atoms with E-state index in [4.69, 9.17) is 0 Å². The third-order valence-corrected chi connectivity index (χ3v) is 24.4. The van der Waals surface area contributed by atoms with Crippen molar-refractivity contribution in [3.05, 3.63) is 73.1 Å². The second kappa shape index (κ2) is 9.16. The molecular formula is C30H44Cl2SiZr. The summed E-state index contributed by atoms with van der Waals surface area (Å²) in [5.74, 6) is 0. The number of rotatable bonds is 2. The van der Waals surface area contributed by atoms with Crippen LogP contribution in [0.5, 0.6) is 0 Å². The fourth-order valence-corrected chi connectivity index (χ4v) is 21.3. The summed E-state index contributed by atoms with van der Waals surface area (Å²) in [6.45, 7) is 21.3. The quantitative estimate of drug-likeness (QED) is 0.263. The van der Waals surface area contributed by atoms with Crippen molar-refractivity contribution in [2.75, 3.05) is 0 Å². The van der Waals surface area contributed by atoms with Gasteiger partial charge in [0, 0.05) is 0 Å². The first-order chi connectivity index (χ1) is 14.5. The van der Waals surface area contributed by atoms with E-state index in [0.717, 1.165) is 12.8 Å². The third-order valence-electron chi connectivity index (χ3n) is 8.02. The van der Waals surface area contributed by atoms with Crippen molar-refractivity contribution in [2.24, 2.45) is 0 Å². The van der Waals surface area contributed by atoms with Crippen LogP contribution in [0.1, 0.15) is 81.3 Å². The van der Waals surface area contributed by atoms with Gasteiger partial charge in [0.2, 0.25) is 0 Å². The summed E-state index contributed by atoms with van der Waals surface area (Å²) in [4.78, 5) is 0. The van der Waals surface area contributed by atoms with Gasteiger partial charge in [-0.05, 0) is 0 Å². The summed E-state index contributed by atoms with van der Waals surface area (Å²) in [6.07, 6.45) is 9.36. The zero-order valence-electron chi connectivity index (χ0n) is 22.9. The van der Waals surface area contributed by atoms with Crippen molar-refractivity contribution in [3.63, 3.8) is 0 Å². The average molecular weight is 595 g/mol. The van der Waals surface area contributed by atoms with Crippen LogP contribution in [-0.4, -0.2) is 6.88 Å². The largest absolute Gasteiger partial charge is 0.147 e. The predicted molar refractivity (Wildman–Crippen MR) is 158 cm³/mol. The van der Waals surface area contributed by atoms with Crippen LogP contribution in [0.2, 0.25) is 9.26 Å². The molecule has 2 aromatic carbocycles. The Labute approximate surface area is 223 Å². The molecule has 0 N–H and O–H groups in total. The molecule has 2 aliphatic rings. The van der Waals surface area contributed by atoms with Crippen molar-refractivity contribution >= 4 is 35.0 Å².